The van der Waals surface area contributed by atoms with Crippen LogP contribution in [0.15, 0.2) is 12.1 Å². The molecule has 20 heavy (non-hydrogen) atoms. The molecule has 0 heterocycles. The molecule has 1 fully saturated rings. The third-order valence-corrected chi connectivity index (χ3v) is 4.50. The van der Waals surface area contributed by atoms with Gasteiger partial charge in [0.25, 0.3) is 0 Å². The van der Waals surface area contributed by atoms with Gasteiger partial charge in [-0.05, 0) is 36.8 Å². The van der Waals surface area contributed by atoms with Crippen LogP contribution >= 0.6 is 0 Å². The first-order chi connectivity index (χ1) is 9.45. The molecule has 1 saturated carbocycles. The summed E-state index contributed by atoms with van der Waals surface area (Å²) in [6.45, 7) is 4.34. The van der Waals surface area contributed by atoms with Crippen LogP contribution in [-0.2, 0) is 0 Å². The van der Waals surface area contributed by atoms with Crippen molar-refractivity contribution in [1.29, 1.82) is 0 Å². The van der Waals surface area contributed by atoms with Crippen LogP contribution in [-0.4, -0.2) is 17.1 Å². The second-order valence-corrected chi connectivity index (χ2v) is 5.54. The zero-order chi connectivity index (χ0) is 14.9. The SMILES string of the molecule is CCC1CCC(Nc2ccc(F)c(N)c2C(=O)O)C1C. The predicted molar refractivity (Wildman–Crippen MR) is 77.4 cm³/mol. The molecular formula is C15H21FN2O2. The number of carboxylic acids is 1. The topological polar surface area (TPSA) is 75.3 Å². The normalized spacial score (nSPS) is 25.6. The Bertz CT molecular complexity index is 519. The molecule has 110 valence electrons. The van der Waals surface area contributed by atoms with E-state index < -0.39 is 11.8 Å². The molecule has 1 aromatic rings. The van der Waals surface area contributed by atoms with E-state index in [1.54, 1.807) is 0 Å². The van der Waals surface area contributed by atoms with E-state index in [1.165, 1.54) is 12.1 Å². The number of nitrogens with two attached hydrogens (primary N) is 1. The van der Waals surface area contributed by atoms with Gasteiger partial charge in [0, 0.05) is 6.04 Å². The van der Waals surface area contributed by atoms with E-state index in [2.05, 4.69) is 19.2 Å². The summed E-state index contributed by atoms with van der Waals surface area (Å²) in [4.78, 5) is 11.3. The Hall–Kier alpha value is -1.78. The molecule has 1 aromatic carbocycles. The number of hydrogen-bond acceptors (Lipinski definition) is 3. The third-order valence-electron chi connectivity index (χ3n) is 4.50. The minimum absolute atomic E-state index is 0.169. The maximum absolute atomic E-state index is 13.4. The lowest BCUT2D eigenvalue weighted by atomic mass is 9.93. The summed E-state index contributed by atoms with van der Waals surface area (Å²) in [6, 6.07) is 2.88. The highest BCUT2D eigenvalue weighted by atomic mass is 19.1. The second-order valence-electron chi connectivity index (χ2n) is 5.54. The third kappa shape index (κ3) is 2.57. The summed E-state index contributed by atoms with van der Waals surface area (Å²) in [5.74, 6) is -0.785. The summed E-state index contributed by atoms with van der Waals surface area (Å²) >= 11 is 0. The number of carbonyl (C=O) groups is 1. The first kappa shape index (κ1) is 14.6. The maximum atomic E-state index is 13.4. The van der Waals surface area contributed by atoms with Gasteiger partial charge in [-0.3, -0.25) is 0 Å². The summed E-state index contributed by atoms with van der Waals surface area (Å²) < 4.78 is 13.4. The number of halogens is 1. The fraction of sp³-hybridized carbons (Fsp3) is 0.533. The van der Waals surface area contributed by atoms with Gasteiger partial charge in [0.2, 0.25) is 0 Å². The van der Waals surface area contributed by atoms with E-state index in [0.717, 1.165) is 19.3 Å². The van der Waals surface area contributed by atoms with Crippen molar-refractivity contribution >= 4 is 17.3 Å². The molecule has 0 aliphatic heterocycles. The number of anilines is 2. The highest BCUT2D eigenvalue weighted by molar-refractivity contribution is 6.00. The van der Waals surface area contributed by atoms with Crippen LogP contribution in [0.1, 0.15) is 43.5 Å². The van der Waals surface area contributed by atoms with Crippen LogP contribution in [0.3, 0.4) is 0 Å². The van der Waals surface area contributed by atoms with E-state index in [-0.39, 0.29) is 17.3 Å². The Balaban J connectivity index is 2.26. The zero-order valence-electron chi connectivity index (χ0n) is 11.8. The van der Waals surface area contributed by atoms with E-state index in [9.17, 15) is 14.3 Å². The van der Waals surface area contributed by atoms with Gasteiger partial charge in [0.1, 0.15) is 11.4 Å². The second kappa shape index (κ2) is 5.69. The predicted octanol–water partition coefficient (Wildman–Crippen LogP) is 3.34. The van der Waals surface area contributed by atoms with Gasteiger partial charge in [0.05, 0.1) is 11.4 Å². The van der Waals surface area contributed by atoms with Crippen LogP contribution in [0.5, 0.6) is 0 Å². The Morgan fingerprint density at radius 3 is 2.75 bits per heavy atom. The highest BCUT2D eigenvalue weighted by Gasteiger charge is 2.32. The summed E-state index contributed by atoms with van der Waals surface area (Å²) in [6.07, 6.45) is 3.25. The van der Waals surface area contributed by atoms with Crippen LogP contribution in [0.25, 0.3) is 0 Å². The first-order valence-electron chi connectivity index (χ1n) is 7.03. The number of nitrogen functional groups attached to an aromatic ring is 1. The minimum Gasteiger partial charge on any atom is -0.478 e. The Labute approximate surface area is 118 Å². The summed E-state index contributed by atoms with van der Waals surface area (Å²) in [5.41, 5.74) is 5.48. The van der Waals surface area contributed by atoms with Crippen molar-refractivity contribution in [2.75, 3.05) is 11.1 Å². The average Bonchev–Trinajstić information content (AvgIpc) is 2.74. The number of rotatable bonds is 4. The fourth-order valence-electron chi connectivity index (χ4n) is 3.17. The van der Waals surface area contributed by atoms with Crippen molar-refractivity contribution in [3.05, 3.63) is 23.5 Å². The van der Waals surface area contributed by atoms with Gasteiger partial charge in [-0.1, -0.05) is 20.3 Å². The van der Waals surface area contributed by atoms with Crippen molar-refractivity contribution in [2.45, 2.75) is 39.2 Å². The fourth-order valence-corrected chi connectivity index (χ4v) is 3.17. The van der Waals surface area contributed by atoms with Gasteiger partial charge in [-0.2, -0.15) is 0 Å². The van der Waals surface area contributed by atoms with Gasteiger partial charge in [-0.25, -0.2) is 9.18 Å². The summed E-state index contributed by atoms with van der Waals surface area (Å²) in [5, 5.41) is 12.5. The van der Waals surface area contributed by atoms with Crippen molar-refractivity contribution in [2.24, 2.45) is 11.8 Å². The summed E-state index contributed by atoms with van der Waals surface area (Å²) in [7, 11) is 0. The number of carboxylic acid groups (broad SMARTS) is 1. The van der Waals surface area contributed by atoms with E-state index in [1.807, 2.05) is 0 Å². The minimum atomic E-state index is -1.21. The molecule has 2 rings (SSSR count). The molecule has 1 aliphatic rings. The average molecular weight is 280 g/mol. The lowest BCUT2D eigenvalue weighted by Gasteiger charge is -2.23. The molecule has 0 bridgehead atoms. The molecule has 3 atom stereocenters. The van der Waals surface area contributed by atoms with E-state index in [4.69, 9.17) is 5.73 Å². The molecule has 0 spiro atoms. The Kier molecular flexibility index (Phi) is 4.16. The zero-order valence-corrected chi connectivity index (χ0v) is 11.8. The number of nitrogens with one attached hydrogen (secondary N) is 1. The molecule has 1 aliphatic carbocycles. The van der Waals surface area contributed by atoms with Crippen LogP contribution in [0, 0.1) is 17.7 Å². The molecule has 0 saturated heterocycles. The Morgan fingerprint density at radius 1 is 1.50 bits per heavy atom. The lowest BCUT2D eigenvalue weighted by Crippen LogP contribution is -2.26. The van der Waals surface area contributed by atoms with Crippen molar-refractivity contribution in [3.63, 3.8) is 0 Å². The molecular weight excluding hydrogens is 259 g/mol. The molecule has 0 radical (unpaired) electrons. The number of benzene rings is 1. The molecule has 5 heteroatoms. The lowest BCUT2D eigenvalue weighted by molar-refractivity contribution is 0.0698. The molecule has 0 amide bonds. The first-order valence-corrected chi connectivity index (χ1v) is 7.03. The van der Waals surface area contributed by atoms with Gasteiger partial charge < -0.3 is 16.2 Å². The van der Waals surface area contributed by atoms with Gasteiger partial charge >= 0.3 is 5.97 Å². The van der Waals surface area contributed by atoms with Crippen LogP contribution in [0.4, 0.5) is 15.8 Å². The van der Waals surface area contributed by atoms with Crippen LogP contribution in [0.2, 0.25) is 0 Å². The maximum Gasteiger partial charge on any atom is 0.340 e. The highest BCUT2D eigenvalue weighted by Crippen LogP contribution is 2.37. The van der Waals surface area contributed by atoms with Crippen molar-refractivity contribution in [1.82, 2.24) is 0 Å². The largest absolute Gasteiger partial charge is 0.478 e. The van der Waals surface area contributed by atoms with Crippen LogP contribution < -0.4 is 11.1 Å². The molecule has 3 unspecified atom stereocenters. The van der Waals surface area contributed by atoms with Gasteiger partial charge in [-0.15, -0.1) is 0 Å². The quantitative estimate of drug-likeness (QED) is 0.739. The van der Waals surface area contributed by atoms with E-state index in [0.29, 0.717) is 17.5 Å². The monoisotopic (exact) mass is 280 g/mol. The van der Waals surface area contributed by atoms with Crippen molar-refractivity contribution in [3.8, 4) is 0 Å². The molecule has 0 aromatic heterocycles. The Morgan fingerprint density at radius 2 is 2.20 bits per heavy atom. The number of aromatic carboxylic acids is 1. The molecule has 4 N–H and O–H groups in total. The van der Waals surface area contributed by atoms with Crippen molar-refractivity contribution < 1.29 is 14.3 Å². The smallest absolute Gasteiger partial charge is 0.340 e. The van der Waals surface area contributed by atoms with Gasteiger partial charge in [0.15, 0.2) is 0 Å². The molecule has 4 nitrogen and oxygen atoms in total. The number of hydrogen-bond donors (Lipinski definition) is 3. The standard InChI is InChI=1S/C15H21FN2O2/c1-3-9-4-6-11(8(9)2)18-12-7-5-10(16)14(17)13(12)15(19)20/h5,7-9,11,18H,3-4,6,17H2,1-2H3,(H,19,20). The van der Waals surface area contributed by atoms with E-state index >= 15 is 0 Å².